The number of aromatic nitrogens is 1. The number of carbonyl (C=O) groups is 1. The molecule has 5 nitrogen and oxygen atoms in total. The average Bonchev–Trinajstić information content (AvgIpc) is 3.16. The number of hydrogen-bond acceptors (Lipinski definition) is 5. The predicted molar refractivity (Wildman–Crippen MR) is 117 cm³/mol. The molecule has 0 saturated carbocycles. The van der Waals surface area contributed by atoms with Crippen LogP contribution in [0, 0.1) is 11.3 Å². The van der Waals surface area contributed by atoms with E-state index in [2.05, 4.69) is 10.3 Å². The molecule has 3 rings (SSSR count). The smallest absolute Gasteiger partial charge is 0.268 e. The van der Waals surface area contributed by atoms with E-state index in [0.29, 0.717) is 27.3 Å². The van der Waals surface area contributed by atoms with Gasteiger partial charge in [-0.1, -0.05) is 41.4 Å². The molecule has 0 spiro atoms. The molecular formula is C21H15Cl2N3O2S. The number of nitrogens with one attached hydrogen (secondary N) is 1. The number of rotatable bonds is 6. The molecular weight excluding hydrogens is 429 g/mol. The van der Waals surface area contributed by atoms with Gasteiger partial charge in [0.15, 0.2) is 5.13 Å². The van der Waals surface area contributed by atoms with E-state index in [-0.39, 0.29) is 5.57 Å². The number of carbonyl (C=O) groups excluding carboxylic acids is 1. The Bertz CT molecular complexity index is 1100. The number of ether oxygens (including phenoxy) is 1. The van der Waals surface area contributed by atoms with Gasteiger partial charge in [0.05, 0.1) is 17.2 Å². The Kier molecular flexibility index (Phi) is 6.89. The van der Waals surface area contributed by atoms with Crippen LogP contribution < -0.4 is 10.1 Å². The van der Waals surface area contributed by atoms with Crippen LogP contribution in [0.4, 0.5) is 5.13 Å². The van der Waals surface area contributed by atoms with E-state index < -0.39 is 5.91 Å². The van der Waals surface area contributed by atoms with Crippen molar-refractivity contribution in [2.45, 2.75) is 6.42 Å². The van der Waals surface area contributed by atoms with Crippen molar-refractivity contribution in [2.75, 3.05) is 12.4 Å². The number of thiazole rings is 1. The summed E-state index contributed by atoms with van der Waals surface area (Å²) in [6.45, 7) is 0. The van der Waals surface area contributed by atoms with E-state index >= 15 is 0 Å². The van der Waals surface area contributed by atoms with Crippen LogP contribution in [0.1, 0.15) is 16.0 Å². The molecule has 1 heterocycles. The second-order valence-electron chi connectivity index (χ2n) is 5.95. The Balaban J connectivity index is 1.68. The van der Waals surface area contributed by atoms with Crippen LogP contribution in [-0.4, -0.2) is 18.0 Å². The third-order valence-corrected chi connectivity index (χ3v) is 5.58. The number of amides is 1. The lowest BCUT2D eigenvalue weighted by atomic mass is 10.1. The number of methoxy groups -OCH3 is 1. The second-order valence-corrected chi connectivity index (χ2v) is 7.88. The average molecular weight is 444 g/mol. The molecule has 29 heavy (non-hydrogen) atoms. The molecule has 0 unspecified atom stereocenters. The van der Waals surface area contributed by atoms with Crippen LogP contribution in [0.5, 0.6) is 5.75 Å². The fraction of sp³-hybridized carbons (Fsp3) is 0.0952. The van der Waals surface area contributed by atoms with Crippen molar-refractivity contribution in [3.05, 3.63) is 80.3 Å². The Morgan fingerprint density at radius 3 is 2.66 bits per heavy atom. The number of hydrogen-bond donors (Lipinski definition) is 1. The van der Waals surface area contributed by atoms with Gasteiger partial charge in [0, 0.05) is 17.5 Å². The Morgan fingerprint density at radius 1 is 1.24 bits per heavy atom. The molecule has 0 bridgehead atoms. The summed E-state index contributed by atoms with van der Waals surface area (Å²) in [6, 6.07) is 14.4. The largest absolute Gasteiger partial charge is 0.497 e. The third kappa shape index (κ3) is 5.58. The molecule has 0 radical (unpaired) electrons. The normalized spacial score (nSPS) is 11.0. The lowest BCUT2D eigenvalue weighted by Gasteiger charge is -2.02. The maximum atomic E-state index is 12.4. The van der Waals surface area contributed by atoms with Gasteiger partial charge in [0.25, 0.3) is 5.91 Å². The first-order valence-electron chi connectivity index (χ1n) is 8.44. The molecule has 0 fully saturated rings. The first kappa shape index (κ1) is 20.9. The first-order valence-corrected chi connectivity index (χ1v) is 10.0. The molecule has 0 aliphatic carbocycles. The molecule has 146 valence electrons. The highest BCUT2D eigenvalue weighted by molar-refractivity contribution is 7.15. The van der Waals surface area contributed by atoms with Gasteiger partial charge in [-0.25, -0.2) is 4.98 Å². The standard InChI is InChI=1S/C21H15Cl2N3O2S/c1-28-16-5-2-13(3-6-16)8-15(11-24)20(27)26-21-25-12-17(29-21)9-14-4-7-18(22)19(23)10-14/h2-8,10,12H,9H2,1H3,(H,25,26,27)/b15-8+. The van der Waals surface area contributed by atoms with Gasteiger partial charge in [0.2, 0.25) is 0 Å². The zero-order valence-corrected chi connectivity index (χ0v) is 17.6. The molecule has 0 aliphatic heterocycles. The Hall–Kier alpha value is -2.85. The number of nitrogens with zero attached hydrogens (tertiary/aromatic N) is 2. The molecule has 0 aliphatic rings. The van der Waals surface area contributed by atoms with Crippen LogP contribution >= 0.6 is 34.5 Å². The molecule has 0 atom stereocenters. The monoisotopic (exact) mass is 443 g/mol. The van der Waals surface area contributed by atoms with Crippen molar-refractivity contribution in [2.24, 2.45) is 0 Å². The third-order valence-electron chi connectivity index (χ3n) is 3.93. The summed E-state index contributed by atoms with van der Waals surface area (Å²) in [7, 11) is 1.57. The predicted octanol–water partition coefficient (Wildman–Crippen LogP) is 5.59. The van der Waals surface area contributed by atoms with Crippen molar-refractivity contribution in [1.82, 2.24) is 4.98 Å². The number of halogens is 2. The summed E-state index contributed by atoms with van der Waals surface area (Å²) in [5.41, 5.74) is 1.69. The maximum Gasteiger partial charge on any atom is 0.268 e. The summed E-state index contributed by atoms with van der Waals surface area (Å²) >= 11 is 13.3. The first-order chi connectivity index (χ1) is 14.0. The Labute approximate surface area is 182 Å². The van der Waals surface area contributed by atoms with Gasteiger partial charge in [-0.3, -0.25) is 10.1 Å². The fourth-order valence-corrected chi connectivity index (χ4v) is 3.64. The minimum Gasteiger partial charge on any atom is -0.497 e. The van der Waals surface area contributed by atoms with Crippen molar-refractivity contribution < 1.29 is 9.53 Å². The lowest BCUT2D eigenvalue weighted by molar-refractivity contribution is -0.112. The van der Waals surface area contributed by atoms with Crippen LogP contribution in [0.3, 0.4) is 0 Å². The highest BCUT2D eigenvalue weighted by atomic mass is 35.5. The molecule has 8 heteroatoms. The number of nitriles is 1. The van der Waals surface area contributed by atoms with Gasteiger partial charge in [0.1, 0.15) is 17.4 Å². The van der Waals surface area contributed by atoms with Crippen molar-refractivity contribution in [3.8, 4) is 11.8 Å². The summed E-state index contributed by atoms with van der Waals surface area (Å²) in [4.78, 5) is 17.6. The topological polar surface area (TPSA) is 75.0 Å². The second kappa shape index (κ2) is 9.57. The number of anilines is 1. The van der Waals surface area contributed by atoms with Gasteiger partial charge in [-0.2, -0.15) is 5.26 Å². The van der Waals surface area contributed by atoms with Gasteiger partial charge in [-0.15, -0.1) is 11.3 Å². The van der Waals surface area contributed by atoms with E-state index in [9.17, 15) is 10.1 Å². The van der Waals surface area contributed by atoms with E-state index in [1.54, 1.807) is 49.7 Å². The summed E-state index contributed by atoms with van der Waals surface area (Å²) in [6.07, 6.45) is 3.80. The molecule has 1 N–H and O–H groups in total. The summed E-state index contributed by atoms with van der Waals surface area (Å²) < 4.78 is 5.10. The summed E-state index contributed by atoms with van der Waals surface area (Å²) in [5.74, 6) is 0.182. The Morgan fingerprint density at radius 2 is 2.00 bits per heavy atom. The van der Waals surface area contributed by atoms with Crippen LogP contribution in [0.2, 0.25) is 10.0 Å². The van der Waals surface area contributed by atoms with Gasteiger partial charge in [-0.05, 0) is 41.5 Å². The van der Waals surface area contributed by atoms with Crippen molar-refractivity contribution in [1.29, 1.82) is 5.26 Å². The zero-order valence-electron chi connectivity index (χ0n) is 15.3. The van der Waals surface area contributed by atoms with Crippen molar-refractivity contribution in [3.63, 3.8) is 0 Å². The zero-order chi connectivity index (χ0) is 20.8. The maximum absolute atomic E-state index is 12.4. The van der Waals surface area contributed by atoms with Crippen LogP contribution in [0.15, 0.2) is 54.2 Å². The molecule has 1 amide bonds. The quantitative estimate of drug-likeness (QED) is 0.397. The minimum atomic E-state index is -0.515. The van der Waals surface area contributed by atoms with E-state index in [0.717, 1.165) is 16.0 Å². The summed E-state index contributed by atoms with van der Waals surface area (Å²) in [5, 5.41) is 13.4. The minimum absolute atomic E-state index is 0.0172. The van der Waals surface area contributed by atoms with Crippen molar-refractivity contribution >= 4 is 51.7 Å². The molecule has 1 aromatic heterocycles. The number of benzene rings is 2. The van der Waals surface area contributed by atoms with Crippen LogP contribution in [-0.2, 0) is 11.2 Å². The molecule has 0 saturated heterocycles. The van der Waals surface area contributed by atoms with Crippen LogP contribution in [0.25, 0.3) is 6.08 Å². The lowest BCUT2D eigenvalue weighted by Crippen LogP contribution is -2.13. The van der Waals surface area contributed by atoms with E-state index in [1.165, 1.54) is 17.4 Å². The highest BCUT2D eigenvalue weighted by Crippen LogP contribution is 2.26. The van der Waals surface area contributed by atoms with Gasteiger partial charge < -0.3 is 4.74 Å². The molecule has 3 aromatic rings. The SMILES string of the molecule is COc1ccc(/C=C(\C#N)C(=O)Nc2ncc(Cc3ccc(Cl)c(Cl)c3)s2)cc1. The van der Waals surface area contributed by atoms with Gasteiger partial charge >= 0.3 is 0 Å². The van der Waals surface area contributed by atoms with E-state index in [4.69, 9.17) is 27.9 Å². The highest BCUT2D eigenvalue weighted by Gasteiger charge is 2.12. The fourth-order valence-electron chi connectivity index (χ4n) is 2.48. The van der Waals surface area contributed by atoms with E-state index in [1.807, 2.05) is 12.1 Å². The molecule has 2 aromatic carbocycles.